The van der Waals surface area contributed by atoms with Crippen LogP contribution in [0.15, 0.2) is 34.1 Å². The molecule has 3 rings (SSSR count). The van der Waals surface area contributed by atoms with Crippen molar-refractivity contribution in [1.29, 1.82) is 0 Å². The maximum Gasteiger partial charge on any atom is 0.320 e. The number of hydrogen-bond donors (Lipinski definition) is 1. The molecule has 2 unspecified atom stereocenters. The number of piperidine rings is 1. The molecule has 0 spiro atoms. The van der Waals surface area contributed by atoms with Crippen LogP contribution in [-0.4, -0.2) is 28.6 Å². The van der Waals surface area contributed by atoms with E-state index < -0.39 is 12.0 Å². The Bertz CT molecular complexity index is 752. The van der Waals surface area contributed by atoms with E-state index in [-0.39, 0.29) is 6.04 Å². The summed E-state index contributed by atoms with van der Waals surface area (Å²) in [6.45, 7) is 0.747. The number of benzene rings is 1. The molecule has 0 saturated carbocycles. The highest BCUT2D eigenvalue weighted by Crippen LogP contribution is 2.40. The van der Waals surface area contributed by atoms with Gasteiger partial charge in [0.05, 0.1) is 19.9 Å². The Kier molecular flexibility index (Phi) is 5.88. The highest BCUT2D eigenvalue weighted by Gasteiger charge is 2.35. The van der Waals surface area contributed by atoms with Gasteiger partial charge in [-0.2, -0.15) is 0 Å². The summed E-state index contributed by atoms with van der Waals surface area (Å²) in [6, 6.07) is 8.95. The van der Waals surface area contributed by atoms with Crippen molar-refractivity contribution < 1.29 is 9.90 Å². The quantitative estimate of drug-likeness (QED) is 0.637. The molecule has 0 radical (unpaired) electrons. The molecule has 1 fully saturated rings. The lowest BCUT2D eigenvalue weighted by atomic mass is 9.95. The van der Waals surface area contributed by atoms with Gasteiger partial charge in [0.25, 0.3) is 0 Å². The molecule has 1 saturated heterocycles. The normalized spacial score (nSPS) is 20.0. The van der Waals surface area contributed by atoms with E-state index in [2.05, 4.69) is 20.8 Å². The molecule has 1 aliphatic heterocycles. The van der Waals surface area contributed by atoms with Crippen LogP contribution in [0.3, 0.4) is 0 Å². The van der Waals surface area contributed by atoms with Crippen LogP contribution in [0.5, 0.6) is 0 Å². The summed E-state index contributed by atoms with van der Waals surface area (Å²) in [5, 5.41) is 10.6. The molecule has 24 heavy (non-hydrogen) atoms. The summed E-state index contributed by atoms with van der Waals surface area (Å²) < 4.78 is 1.02. The predicted molar refractivity (Wildman–Crippen MR) is 102 cm³/mol. The minimum absolute atomic E-state index is 0.141. The van der Waals surface area contributed by atoms with Crippen LogP contribution in [0.4, 0.5) is 0 Å². The highest BCUT2D eigenvalue weighted by molar-refractivity contribution is 9.11. The SMILES string of the molecule is O=C(O)C1CCCCN1C(c1ccc(Cl)c(Cl)c1)c1ccc(Br)s1. The van der Waals surface area contributed by atoms with Crippen molar-refractivity contribution in [2.45, 2.75) is 31.3 Å². The van der Waals surface area contributed by atoms with E-state index in [0.717, 1.165) is 33.6 Å². The van der Waals surface area contributed by atoms with Gasteiger partial charge in [-0.25, -0.2) is 0 Å². The topological polar surface area (TPSA) is 40.5 Å². The maximum absolute atomic E-state index is 11.8. The number of hydrogen-bond acceptors (Lipinski definition) is 3. The van der Waals surface area contributed by atoms with Gasteiger partial charge in [0.2, 0.25) is 0 Å². The van der Waals surface area contributed by atoms with Gasteiger partial charge >= 0.3 is 5.97 Å². The first-order valence-corrected chi connectivity index (χ1v) is 10.0. The van der Waals surface area contributed by atoms with Gasteiger partial charge in [0.1, 0.15) is 6.04 Å². The van der Waals surface area contributed by atoms with Crippen LogP contribution < -0.4 is 0 Å². The van der Waals surface area contributed by atoms with Gasteiger partial charge in [-0.05, 0) is 65.1 Å². The Labute approximate surface area is 163 Å². The van der Waals surface area contributed by atoms with Crippen molar-refractivity contribution in [3.05, 3.63) is 54.6 Å². The Balaban J connectivity index is 2.07. The zero-order valence-electron chi connectivity index (χ0n) is 12.7. The second-order valence-electron chi connectivity index (χ2n) is 5.81. The van der Waals surface area contributed by atoms with Gasteiger partial charge in [0.15, 0.2) is 0 Å². The molecule has 3 nitrogen and oxygen atoms in total. The summed E-state index contributed by atoms with van der Waals surface area (Å²) in [4.78, 5) is 14.9. The molecule has 1 aliphatic rings. The van der Waals surface area contributed by atoms with E-state index in [1.54, 1.807) is 17.4 Å². The summed E-state index contributed by atoms with van der Waals surface area (Å²) in [5.41, 5.74) is 0.965. The average molecular weight is 449 g/mol. The summed E-state index contributed by atoms with van der Waals surface area (Å²) in [6.07, 6.45) is 2.60. The predicted octanol–water partition coefficient (Wildman–Crippen LogP) is 5.85. The molecular formula is C17H16BrCl2NO2S. The van der Waals surface area contributed by atoms with E-state index in [1.807, 2.05) is 24.3 Å². The second-order valence-corrected chi connectivity index (χ2v) is 9.11. The first-order valence-electron chi connectivity index (χ1n) is 7.66. The van der Waals surface area contributed by atoms with Crippen LogP contribution in [0.2, 0.25) is 10.0 Å². The smallest absolute Gasteiger partial charge is 0.320 e. The first-order chi connectivity index (χ1) is 11.5. The molecule has 1 N–H and O–H groups in total. The number of rotatable bonds is 4. The molecule has 1 aromatic carbocycles. The van der Waals surface area contributed by atoms with Crippen LogP contribution in [0, 0.1) is 0 Å². The molecule has 0 bridgehead atoms. The number of likely N-dealkylation sites (tertiary alicyclic amines) is 1. The van der Waals surface area contributed by atoms with Crippen LogP contribution >= 0.6 is 50.5 Å². The van der Waals surface area contributed by atoms with Crippen molar-refractivity contribution in [1.82, 2.24) is 4.90 Å². The number of carboxylic acids is 1. The van der Waals surface area contributed by atoms with Crippen molar-refractivity contribution in [3.63, 3.8) is 0 Å². The van der Waals surface area contributed by atoms with Crippen LogP contribution in [0.25, 0.3) is 0 Å². The van der Waals surface area contributed by atoms with Crippen molar-refractivity contribution in [2.24, 2.45) is 0 Å². The molecule has 128 valence electrons. The number of nitrogens with zero attached hydrogens (tertiary/aromatic N) is 1. The Morgan fingerprint density at radius 2 is 2.04 bits per heavy atom. The third-order valence-corrected chi connectivity index (χ3v) is 6.70. The standard InChI is InChI=1S/C17H16BrCl2NO2S/c18-15-7-6-14(24-15)16(10-4-5-11(19)12(20)9-10)21-8-2-1-3-13(21)17(22)23/h4-7,9,13,16H,1-3,8H2,(H,22,23). The van der Waals surface area contributed by atoms with Gasteiger partial charge in [-0.1, -0.05) is 35.7 Å². The second kappa shape index (κ2) is 7.75. The minimum Gasteiger partial charge on any atom is -0.480 e. The van der Waals surface area contributed by atoms with Gasteiger partial charge < -0.3 is 5.11 Å². The summed E-state index contributed by atoms with van der Waals surface area (Å²) in [5.74, 6) is -0.768. The molecule has 2 atom stereocenters. The van der Waals surface area contributed by atoms with E-state index in [9.17, 15) is 9.90 Å². The van der Waals surface area contributed by atoms with Gasteiger partial charge in [-0.3, -0.25) is 9.69 Å². The summed E-state index contributed by atoms with van der Waals surface area (Å²) >= 11 is 17.4. The molecule has 2 aromatic rings. The lowest BCUT2D eigenvalue weighted by Gasteiger charge is -2.39. The fraction of sp³-hybridized carbons (Fsp3) is 0.353. The minimum atomic E-state index is -0.768. The Morgan fingerprint density at radius 3 is 2.67 bits per heavy atom. The molecule has 2 heterocycles. The van der Waals surface area contributed by atoms with Crippen molar-refractivity contribution >= 4 is 56.4 Å². The van der Waals surface area contributed by atoms with E-state index in [4.69, 9.17) is 23.2 Å². The van der Waals surface area contributed by atoms with E-state index in [0.29, 0.717) is 16.5 Å². The van der Waals surface area contributed by atoms with Gasteiger partial charge in [-0.15, -0.1) is 11.3 Å². The number of carbonyl (C=O) groups is 1. The van der Waals surface area contributed by atoms with Gasteiger partial charge in [0, 0.05) is 4.88 Å². The highest BCUT2D eigenvalue weighted by atomic mass is 79.9. The molecule has 0 amide bonds. The fourth-order valence-electron chi connectivity index (χ4n) is 3.20. The van der Waals surface area contributed by atoms with Crippen LogP contribution in [0.1, 0.15) is 35.7 Å². The first kappa shape index (κ1) is 18.2. The monoisotopic (exact) mass is 447 g/mol. The van der Waals surface area contributed by atoms with E-state index in [1.165, 1.54) is 0 Å². The lowest BCUT2D eigenvalue weighted by Crippen LogP contribution is -2.46. The van der Waals surface area contributed by atoms with Crippen molar-refractivity contribution in [2.75, 3.05) is 6.54 Å². The Morgan fingerprint density at radius 1 is 1.25 bits per heavy atom. The third kappa shape index (κ3) is 3.81. The zero-order chi connectivity index (χ0) is 17.3. The Hall–Kier alpha value is -0.590. The average Bonchev–Trinajstić information content (AvgIpc) is 2.97. The van der Waals surface area contributed by atoms with Crippen LogP contribution in [-0.2, 0) is 4.79 Å². The maximum atomic E-state index is 11.8. The number of carboxylic acid groups (broad SMARTS) is 1. The van der Waals surface area contributed by atoms with E-state index >= 15 is 0 Å². The lowest BCUT2D eigenvalue weighted by molar-refractivity contribution is -0.145. The molecule has 1 aromatic heterocycles. The number of halogens is 3. The number of thiophene rings is 1. The summed E-state index contributed by atoms with van der Waals surface area (Å²) in [7, 11) is 0. The zero-order valence-corrected chi connectivity index (χ0v) is 16.6. The largest absolute Gasteiger partial charge is 0.480 e. The van der Waals surface area contributed by atoms with Crippen molar-refractivity contribution in [3.8, 4) is 0 Å². The molecule has 0 aliphatic carbocycles. The third-order valence-electron chi connectivity index (χ3n) is 4.28. The fourth-order valence-corrected chi connectivity index (χ4v) is 5.08. The molecule has 7 heteroatoms. The molecular weight excluding hydrogens is 433 g/mol. The number of aliphatic carboxylic acids is 1.